The minimum absolute atomic E-state index is 0.110. The van der Waals surface area contributed by atoms with Crippen LogP contribution in [0.2, 0.25) is 0 Å². The summed E-state index contributed by atoms with van der Waals surface area (Å²) in [4.78, 5) is 43.1. The van der Waals surface area contributed by atoms with Crippen molar-refractivity contribution in [2.24, 2.45) is 0 Å². The zero-order chi connectivity index (χ0) is 16.2. The number of nitrogens with zero attached hydrogens (tertiary/aromatic N) is 2. The highest BCUT2D eigenvalue weighted by atomic mass is 32.1. The number of piperazine rings is 1. The lowest BCUT2D eigenvalue weighted by atomic mass is 10.2. The first-order valence-electron chi connectivity index (χ1n) is 7.41. The van der Waals surface area contributed by atoms with Gasteiger partial charge in [0.05, 0.1) is 11.4 Å². The van der Waals surface area contributed by atoms with E-state index in [0.29, 0.717) is 32.7 Å². The number of rotatable bonds is 4. The second kappa shape index (κ2) is 6.89. The van der Waals surface area contributed by atoms with E-state index in [2.05, 4.69) is 4.98 Å². The zero-order valence-electron chi connectivity index (χ0n) is 12.5. The maximum absolute atomic E-state index is 12.4. The molecule has 0 aliphatic carbocycles. The second-order valence-corrected chi connectivity index (χ2v) is 6.33. The Hall–Kier alpha value is -2.25. The Morgan fingerprint density at radius 1 is 1.13 bits per heavy atom. The van der Waals surface area contributed by atoms with E-state index < -0.39 is 0 Å². The molecule has 3 heterocycles. The number of ketones is 1. The largest absolute Gasteiger partial charge is 0.336 e. The Balaban J connectivity index is 1.56. The summed E-state index contributed by atoms with van der Waals surface area (Å²) in [7, 11) is 0. The molecule has 23 heavy (non-hydrogen) atoms. The van der Waals surface area contributed by atoms with Gasteiger partial charge in [0, 0.05) is 32.4 Å². The van der Waals surface area contributed by atoms with Gasteiger partial charge in [0.2, 0.25) is 0 Å². The summed E-state index contributed by atoms with van der Waals surface area (Å²) in [6.45, 7) is 2.67. The highest BCUT2D eigenvalue weighted by Crippen LogP contribution is 2.12. The van der Waals surface area contributed by atoms with Crippen molar-refractivity contribution in [2.45, 2.75) is 0 Å². The molecular weight excluding hydrogens is 314 g/mol. The predicted molar refractivity (Wildman–Crippen MR) is 88.1 cm³/mol. The molecule has 0 atom stereocenters. The summed E-state index contributed by atoms with van der Waals surface area (Å²) in [5.41, 5.74) is -0.205. The maximum Gasteiger partial charge on any atom is 0.260 e. The van der Waals surface area contributed by atoms with Crippen molar-refractivity contribution in [1.82, 2.24) is 14.8 Å². The topological polar surface area (TPSA) is 73.5 Å². The molecule has 120 valence electrons. The Bertz CT molecular complexity index is 746. The Labute approximate surface area is 137 Å². The molecule has 0 bridgehead atoms. The summed E-state index contributed by atoms with van der Waals surface area (Å²) in [6.07, 6.45) is 1.51. The van der Waals surface area contributed by atoms with E-state index in [1.807, 2.05) is 22.4 Å². The Morgan fingerprint density at radius 3 is 2.57 bits per heavy atom. The fourth-order valence-corrected chi connectivity index (χ4v) is 3.24. The molecule has 1 N–H and O–H groups in total. The quantitative estimate of drug-likeness (QED) is 0.851. The third-order valence-electron chi connectivity index (χ3n) is 3.87. The summed E-state index contributed by atoms with van der Waals surface area (Å²) >= 11 is 1.44. The van der Waals surface area contributed by atoms with Crippen LogP contribution in [0.15, 0.2) is 40.6 Å². The van der Waals surface area contributed by atoms with Crippen LogP contribution in [-0.4, -0.2) is 59.2 Å². The van der Waals surface area contributed by atoms with Crippen LogP contribution < -0.4 is 5.56 Å². The number of aromatic nitrogens is 1. The highest BCUT2D eigenvalue weighted by Gasteiger charge is 2.24. The standard InChI is InChI=1S/C16H17N3O3S/c20-13(14-4-2-10-23-14)11-18-6-8-19(9-7-18)16(22)12-3-1-5-17-15(12)21/h1-5,10H,6-9,11H2,(H,17,21). The van der Waals surface area contributed by atoms with Crippen LogP contribution in [0.3, 0.4) is 0 Å². The average molecular weight is 331 g/mol. The van der Waals surface area contributed by atoms with Gasteiger partial charge in [-0.15, -0.1) is 11.3 Å². The van der Waals surface area contributed by atoms with Gasteiger partial charge in [-0.2, -0.15) is 0 Å². The van der Waals surface area contributed by atoms with Crippen molar-refractivity contribution in [3.05, 3.63) is 56.6 Å². The number of nitrogens with one attached hydrogen (secondary N) is 1. The summed E-state index contributed by atoms with van der Waals surface area (Å²) in [5.74, 6) is -0.143. The molecule has 1 fully saturated rings. The Kier molecular flexibility index (Phi) is 4.68. The monoisotopic (exact) mass is 331 g/mol. The van der Waals surface area contributed by atoms with E-state index in [9.17, 15) is 14.4 Å². The molecule has 1 aliphatic rings. The summed E-state index contributed by atoms with van der Waals surface area (Å²) < 4.78 is 0. The molecular formula is C16H17N3O3S. The molecule has 0 unspecified atom stereocenters. The van der Waals surface area contributed by atoms with Crippen LogP contribution >= 0.6 is 11.3 Å². The van der Waals surface area contributed by atoms with E-state index in [-0.39, 0.29) is 22.8 Å². The normalized spacial score (nSPS) is 15.6. The lowest BCUT2D eigenvalue weighted by Gasteiger charge is -2.34. The first-order valence-corrected chi connectivity index (χ1v) is 8.29. The van der Waals surface area contributed by atoms with Crippen molar-refractivity contribution in [2.75, 3.05) is 32.7 Å². The van der Waals surface area contributed by atoms with Crippen molar-refractivity contribution in [3.8, 4) is 0 Å². The molecule has 6 nitrogen and oxygen atoms in total. The number of thiophene rings is 1. The number of hydrogen-bond donors (Lipinski definition) is 1. The van der Waals surface area contributed by atoms with E-state index >= 15 is 0 Å². The molecule has 0 radical (unpaired) electrons. The van der Waals surface area contributed by atoms with Crippen LogP contribution in [0.5, 0.6) is 0 Å². The lowest BCUT2D eigenvalue weighted by molar-refractivity contribution is 0.0623. The minimum atomic E-state index is -0.368. The highest BCUT2D eigenvalue weighted by molar-refractivity contribution is 7.12. The number of pyridine rings is 1. The number of aromatic amines is 1. The number of carbonyl (C=O) groups is 2. The summed E-state index contributed by atoms with van der Waals surface area (Å²) in [6, 6.07) is 6.87. The third-order valence-corrected chi connectivity index (χ3v) is 4.78. The van der Waals surface area contributed by atoms with Crippen LogP contribution in [0, 0.1) is 0 Å². The molecule has 0 saturated carbocycles. The van der Waals surface area contributed by atoms with Crippen molar-refractivity contribution in [1.29, 1.82) is 0 Å². The third kappa shape index (κ3) is 3.57. The first kappa shape index (κ1) is 15.6. The predicted octanol–water partition coefficient (Wildman–Crippen LogP) is 1.08. The van der Waals surface area contributed by atoms with E-state index in [1.165, 1.54) is 23.6 Å². The van der Waals surface area contributed by atoms with Crippen molar-refractivity contribution >= 4 is 23.0 Å². The van der Waals surface area contributed by atoms with Gasteiger partial charge in [0.1, 0.15) is 5.56 Å². The molecule has 1 amide bonds. The number of amides is 1. The van der Waals surface area contributed by atoms with Gasteiger partial charge in [0.15, 0.2) is 5.78 Å². The van der Waals surface area contributed by atoms with Crippen molar-refractivity contribution in [3.63, 3.8) is 0 Å². The fourth-order valence-electron chi connectivity index (χ4n) is 2.59. The van der Waals surface area contributed by atoms with E-state index in [0.717, 1.165) is 4.88 Å². The molecule has 0 aromatic carbocycles. The second-order valence-electron chi connectivity index (χ2n) is 5.38. The summed E-state index contributed by atoms with van der Waals surface area (Å²) in [5, 5.41) is 1.89. The molecule has 1 aliphatic heterocycles. The van der Waals surface area contributed by atoms with E-state index in [4.69, 9.17) is 0 Å². The van der Waals surface area contributed by atoms with Gasteiger partial charge in [-0.1, -0.05) is 6.07 Å². The van der Waals surface area contributed by atoms with E-state index in [1.54, 1.807) is 11.0 Å². The van der Waals surface area contributed by atoms with Crippen LogP contribution in [0.4, 0.5) is 0 Å². The minimum Gasteiger partial charge on any atom is -0.336 e. The first-order chi connectivity index (χ1) is 11.1. The van der Waals surface area contributed by atoms with Gasteiger partial charge in [-0.3, -0.25) is 19.3 Å². The number of carbonyl (C=O) groups excluding carboxylic acids is 2. The smallest absolute Gasteiger partial charge is 0.260 e. The number of hydrogen-bond acceptors (Lipinski definition) is 5. The molecule has 1 saturated heterocycles. The van der Waals surface area contributed by atoms with Crippen LogP contribution in [-0.2, 0) is 0 Å². The number of H-pyrrole nitrogens is 1. The van der Waals surface area contributed by atoms with Gasteiger partial charge >= 0.3 is 0 Å². The van der Waals surface area contributed by atoms with Gasteiger partial charge < -0.3 is 9.88 Å². The van der Waals surface area contributed by atoms with Gasteiger partial charge in [0.25, 0.3) is 11.5 Å². The zero-order valence-corrected chi connectivity index (χ0v) is 13.3. The lowest BCUT2D eigenvalue weighted by Crippen LogP contribution is -2.50. The maximum atomic E-state index is 12.4. The molecule has 0 spiro atoms. The fraction of sp³-hybridized carbons (Fsp3) is 0.312. The van der Waals surface area contributed by atoms with Crippen molar-refractivity contribution < 1.29 is 9.59 Å². The molecule has 2 aromatic rings. The van der Waals surface area contributed by atoms with Crippen LogP contribution in [0.1, 0.15) is 20.0 Å². The molecule has 2 aromatic heterocycles. The van der Waals surface area contributed by atoms with Crippen LogP contribution in [0.25, 0.3) is 0 Å². The van der Waals surface area contributed by atoms with Gasteiger partial charge in [-0.05, 0) is 23.6 Å². The Morgan fingerprint density at radius 2 is 1.91 bits per heavy atom. The average Bonchev–Trinajstić information content (AvgIpc) is 3.10. The molecule has 3 rings (SSSR count). The SMILES string of the molecule is O=C(CN1CCN(C(=O)c2ccc[nH]c2=O)CC1)c1cccs1. The van der Waals surface area contributed by atoms with Gasteiger partial charge in [-0.25, -0.2) is 0 Å². The number of Topliss-reactive ketones (excluding diaryl/α,β-unsaturated/α-hetero) is 1. The molecule has 7 heteroatoms.